The van der Waals surface area contributed by atoms with E-state index in [0.717, 1.165) is 25.9 Å². The quantitative estimate of drug-likeness (QED) is 0.688. The van der Waals surface area contributed by atoms with Gasteiger partial charge in [-0.2, -0.15) is 0 Å². The van der Waals surface area contributed by atoms with Crippen molar-refractivity contribution in [2.75, 3.05) is 26.7 Å². The van der Waals surface area contributed by atoms with Gasteiger partial charge in [0.05, 0.1) is 0 Å². The lowest BCUT2D eigenvalue weighted by atomic mass is 10.1. The van der Waals surface area contributed by atoms with E-state index in [1.54, 1.807) is 6.08 Å². The highest BCUT2D eigenvalue weighted by molar-refractivity contribution is 5.67. The van der Waals surface area contributed by atoms with E-state index in [1.165, 1.54) is 0 Å². The van der Waals surface area contributed by atoms with Crippen LogP contribution < -0.4 is 5.32 Å². The average Bonchev–Trinajstić information content (AvgIpc) is 2.18. The van der Waals surface area contributed by atoms with E-state index in [0.29, 0.717) is 0 Å². The molecule has 4 nitrogen and oxygen atoms in total. The Labute approximate surface area is 84.9 Å². The molecule has 0 saturated carbocycles. The Morgan fingerprint density at radius 3 is 2.86 bits per heavy atom. The van der Waals surface area contributed by atoms with Crippen molar-refractivity contribution in [3.63, 3.8) is 0 Å². The van der Waals surface area contributed by atoms with E-state index >= 15 is 0 Å². The van der Waals surface area contributed by atoms with Crippen LogP contribution in [0.3, 0.4) is 0 Å². The smallest absolute Gasteiger partial charge is 0.407 e. The molecule has 1 fully saturated rings. The molecule has 0 bridgehead atoms. The van der Waals surface area contributed by atoms with Gasteiger partial charge >= 0.3 is 6.09 Å². The fourth-order valence-electron chi connectivity index (χ4n) is 1.50. The highest BCUT2D eigenvalue weighted by atomic mass is 16.5. The summed E-state index contributed by atoms with van der Waals surface area (Å²) in [5.41, 5.74) is 0. The molecule has 1 rings (SSSR count). The van der Waals surface area contributed by atoms with Gasteiger partial charge in [-0.3, -0.25) is 0 Å². The Morgan fingerprint density at radius 2 is 2.29 bits per heavy atom. The van der Waals surface area contributed by atoms with Gasteiger partial charge in [-0.05, 0) is 33.0 Å². The Hall–Kier alpha value is -1.03. The third-order valence-corrected chi connectivity index (χ3v) is 2.37. The number of hydrogen-bond donors (Lipinski definition) is 1. The summed E-state index contributed by atoms with van der Waals surface area (Å²) in [6, 6.07) is 0.267. The first-order valence-electron chi connectivity index (χ1n) is 4.95. The summed E-state index contributed by atoms with van der Waals surface area (Å²) in [5, 5.41) is 2.84. The maximum absolute atomic E-state index is 11.2. The molecule has 4 heteroatoms. The standard InChI is InChI=1S/C10H18N2O2/c1-3-8-14-10(13)11-9-4-6-12(2)7-5-9/h3,9H,1,4-8H2,2H3,(H,11,13). The first-order chi connectivity index (χ1) is 6.72. The van der Waals surface area contributed by atoms with Gasteiger partial charge in [0.15, 0.2) is 0 Å². The molecule has 0 unspecified atom stereocenters. The molecule has 1 aliphatic heterocycles. The SMILES string of the molecule is C=CCOC(=O)NC1CCN(C)CC1. The maximum Gasteiger partial charge on any atom is 0.407 e. The van der Waals surface area contributed by atoms with Gasteiger partial charge in [0.1, 0.15) is 6.61 Å². The van der Waals surface area contributed by atoms with Gasteiger partial charge in [0.2, 0.25) is 0 Å². The van der Waals surface area contributed by atoms with Crippen LogP contribution in [0.25, 0.3) is 0 Å². The number of alkyl carbamates (subject to hydrolysis) is 1. The van der Waals surface area contributed by atoms with Crippen molar-refractivity contribution in [1.29, 1.82) is 0 Å². The van der Waals surface area contributed by atoms with Crippen LogP contribution >= 0.6 is 0 Å². The number of rotatable bonds is 3. The molecule has 0 aromatic carbocycles. The third-order valence-electron chi connectivity index (χ3n) is 2.37. The zero-order valence-corrected chi connectivity index (χ0v) is 8.66. The van der Waals surface area contributed by atoms with Crippen LogP contribution in [-0.4, -0.2) is 43.8 Å². The van der Waals surface area contributed by atoms with Crippen LogP contribution in [0.4, 0.5) is 4.79 Å². The number of carbonyl (C=O) groups excluding carboxylic acids is 1. The fraction of sp³-hybridized carbons (Fsp3) is 0.700. The van der Waals surface area contributed by atoms with Crippen molar-refractivity contribution in [1.82, 2.24) is 10.2 Å². The van der Waals surface area contributed by atoms with Crippen LogP contribution in [0.5, 0.6) is 0 Å². The number of likely N-dealkylation sites (tertiary alicyclic amines) is 1. The van der Waals surface area contributed by atoms with E-state index < -0.39 is 0 Å². The largest absolute Gasteiger partial charge is 0.445 e. The van der Waals surface area contributed by atoms with Gasteiger partial charge in [0.25, 0.3) is 0 Å². The number of nitrogens with one attached hydrogen (secondary N) is 1. The lowest BCUT2D eigenvalue weighted by Crippen LogP contribution is -2.43. The molecule has 0 aromatic heterocycles. The van der Waals surface area contributed by atoms with Crippen LogP contribution in [0.15, 0.2) is 12.7 Å². The van der Waals surface area contributed by atoms with E-state index in [1.807, 2.05) is 0 Å². The maximum atomic E-state index is 11.2. The van der Waals surface area contributed by atoms with Crippen molar-refractivity contribution in [3.8, 4) is 0 Å². The Kier molecular flexibility index (Phi) is 4.46. The monoisotopic (exact) mass is 198 g/mol. The Morgan fingerprint density at radius 1 is 1.64 bits per heavy atom. The molecule has 14 heavy (non-hydrogen) atoms. The Balaban J connectivity index is 2.17. The lowest BCUT2D eigenvalue weighted by molar-refractivity contribution is 0.146. The molecule has 80 valence electrons. The molecule has 0 spiro atoms. The second-order valence-electron chi connectivity index (χ2n) is 3.61. The molecule has 1 amide bonds. The number of amides is 1. The summed E-state index contributed by atoms with van der Waals surface area (Å²) in [6.07, 6.45) is 3.23. The second-order valence-corrected chi connectivity index (χ2v) is 3.61. The minimum atomic E-state index is -0.334. The topological polar surface area (TPSA) is 41.6 Å². The predicted octanol–water partition coefficient (Wildman–Crippen LogP) is 0.993. The summed E-state index contributed by atoms with van der Waals surface area (Å²) in [6.45, 7) is 5.82. The zero-order chi connectivity index (χ0) is 10.4. The van der Waals surface area contributed by atoms with Crippen molar-refractivity contribution in [2.24, 2.45) is 0 Å². The third kappa shape index (κ3) is 3.79. The first kappa shape index (κ1) is 11.0. The van der Waals surface area contributed by atoms with E-state index in [2.05, 4.69) is 23.8 Å². The van der Waals surface area contributed by atoms with E-state index in [9.17, 15) is 4.79 Å². The van der Waals surface area contributed by atoms with Crippen LogP contribution in [0, 0.1) is 0 Å². The number of carbonyl (C=O) groups is 1. The highest BCUT2D eigenvalue weighted by Crippen LogP contribution is 2.07. The molecule has 0 aromatic rings. The molecule has 0 atom stereocenters. The van der Waals surface area contributed by atoms with Crippen LogP contribution in [0.1, 0.15) is 12.8 Å². The minimum Gasteiger partial charge on any atom is -0.445 e. The van der Waals surface area contributed by atoms with Gasteiger partial charge in [-0.25, -0.2) is 4.79 Å². The molecule has 0 radical (unpaired) electrons. The number of ether oxygens (including phenoxy) is 1. The molecular weight excluding hydrogens is 180 g/mol. The average molecular weight is 198 g/mol. The summed E-state index contributed by atoms with van der Waals surface area (Å²) in [5.74, 6) is 0. The van der Waals surface area contributed by atoms with E-state index in [4.69, 9.17) is 4.74 Å². The number of piperidine rings is 1. The van der Waals surface area contributed by atoms with Gasteiger partial charge in [-0.1, -0.05) is 12.7 Å². The molecule has 1 aliphatic rings. The van der Waals surface area contributed by atoms with Gasteiger partial charge < -0.3 is 15.0 Å². The van der Waals surface area contributed by atoms with Gasteiger partial charge in [0, 0.05) is 6.04 Å². The number of hydrogen-bond acceptors (Lipinski definition) is 3. The summed E-state index contributed by atoms with van der Waals surface area (Å²) >= 11 is 0. The summed E-state index contributed by atoms with van der Waals surface area (Å²) < 4.78 is 4.84. The van der Waals surface area contributed by atoms with E-state index in [-0.39, 0.29) is 18.7 Å². The highest BCUT2D eigenvalue weighted by Gasteiger charge is 2.18. The van der Waals surface area contributed by atoms with Gasteiger partial charge in [-0.15, -0.1) is 0 Å². The molecule has 0 aliphatic carbocycles. The van der Waals surface area contributed by atoms with Crippen molar-refractivity contribution < 1.29 is 9.53 Å². The molecular formula is C10H18N2O2. The van der Waals surface area contributed by atoms with Crippen molar-refractivity contribution in [2.45, 2.75) is 18.9 Å². The second kappa shape index (κ2) is 5.65. The minimum absolute atomic E-state index is 0.267. The van der Waals surface area contributed by atoms with Crippen molar-refractivity contribution >= 4 is 6.09 Å². The normalized spacial score (nSPS) is 18.9. The summed E-state index contributed by atoms with van der Waals surface area (Å²) in [4.78, 5) is 13.4. The lowest BCUT2D eigenvalue weighted by Gasteiger charge is -2.29. The number of nitrogens with zero attached hydrogens (tertiary/aromatic N) is 1. The van der Waals surface area contributed by atoms with Crippen LogP contribution in [0.2, 0.25) is 0 Å². The zero-order valence-electron chi connectivity index (χ0n) is 8.66. The first-order valence-corrected chi connectivity index (χ1v) is 4.95. The fourth-order valence-corrected chi connectivity index (χ4v) is 1.50. The van der Waals surface area contributed by atoms with Crippen molar-refractivity contribution in [3.05, 3.63) is 12.7 Å². The molecule has 1 N–H and O–H groups in total. The summed E-state index contributed by atoms with van der Waals surface area (Å²) in [7, 11) is 2.09. The molecule has 1 saturated heterocycles. The molecule has 1 heterocycles. The predicted molar refractivity (Wildman–Crippen MR) is 55.2 cm³/mol. The van der Waals surface area contributed by atoms with Crippen LogP contribution in [-0.2, 0) is 4.74 Å². The Bertz CT molecular complexity index is 198.